The van der Waals surface area contributed by atoms with E-state index in [0.29, 0.717) is 13.2 Å². The van der Waals surface area contributed by atoms with E-state index in [2.05, 4.69) is 28.2 Å². The average molecular weight is 307 g/mol. The third-order valence-electron chi connectivity index (χ3n) is 3.71. The third-order valence-corrected chi connectivity index (χ3v) is 3.71. The van der Waals surface area contributed by atoms with Crippen LogP contribution in [0.2, 0.25) is 0 Å². The van der Waals surface area contributed by atoms with Gasteiger partial charge in [-0.05, 0) is 23.6 Å². The van der Waals surface area contributed by atoms with Crippen molar-refractivity contribution in [3.05, 3.63) is 59.9 Å². The van der Waals surface area contributed by atoms with E-state index >= 15 is 0 Å². The van der Waals surface area contributed by atoms with Gasteiger partial charge in [0.2, 0.25) is 0 Å². The SMILES string of the molecule is FC(F)(F)c1ccn(CN2CC=C(c3ccccc3)CC2)n1. The Morgan fingerprint density at radius 1 is 1.09 bits per heavy atom. The first-order valence-electron chi connectivity index (χ1n) is 7.10. The van der Waals surface area contributed by atoms with Gasteiger partial charge in [-0.1, -0.05) is 36.4 Å². The van der Waals surface area contributed by atoms with Crippen molar-refractivity contribution < 1.29 is 13.2 Å². The molecule has 1 aliphatic rings. The van der Waals surface area contributed by atoms with Gasteiger partial charge in [-0.3, -0.25) is 9.58 Å². The van der Waals surface area contributed by atoms with Gasteiger partial charge in [-0.2, -0.15) is 18.3 Å². The molecule has 3 nitrogen and oxygen atoms in total. The predicted octanol–water partition coefficient (Wildman–Crippen LogP) is 3.65. The topological polar surface area (TPSA) is 21.1 Å². The van der Waals surface area contributed by atoms with Crippen LogP contribution in [-0.2, 0) is 12.8 Å². The molecule has 6 heteroatoms. The number of hydrogen-bond donors (Lipinski definition) is 0. The second kappa shape index (κ2) is 5.96. The summed E-state index contributed by atoms with van der Waals surface area (Å²) < 4.78 is 38.9. The fraction of sp³-hybridized carbons (Fsp3) is 0.312. The summed E-state index contributed by atoms with van der Waals surface area (Å²) in [5.41, 5.74) is 1.65. The first-order valence-corrected chi connectivity index (χ1v) is 7.10. The van der Waals surface area contributed by atoms with E-state index < -0.39 is 11.9 Å². The Kier molecular flexibility index (Phi) is 4.02. The van der Waals surface area contributed by atoms with Crippen LogP contribution in [-0.4, -0.2) is 27.8 Å². The Bertz CT molecular complexity index is 659. The largest absolute Gasteiger partial charge is 0.435 e. The summed E-state index contributed by atoms with van der Waals surface area (Å²) in [7, 11) is 0. The van der Waals surface area contributed by atoms with Gasteiger partial charge < -0.3 is 0 Å². The van der Waals surface area contributed by atoms with Crippen LogP contribution in [0.5, 0.6) is 0 Å². The van der Waals surface area contributed by atoms with E-state index in [-0.39, 0.29) is 0 Å². The van der Waals surface area contributed by atoms with E-state index in [1.165, 1.54) is 22.0 Å². The number of nitrogens with zero attached hydrogens (tertiary/aromatic N) is 3. The number of benzene rings is 1. The summed E-state index contributed by atoms with van der Waals surface area (Å²) in [6.07, 6.45) is 0.0111. The maximum atomic E-state index is 12.5. The summed E-state index contributed by atoms with van der Waals surface area (Å²) in [6, 6.07) is 11.1. The Labute approximate surface area is 126 Å². The molecule has 0 atom stereocenters. The van der Waals surface area contributed by atoms with Crippen molar-refractivity contribution in [2.75, 3.05) is 13.1 Å². The molecule has 0 spiro atoms. The van der Waals surface area contributed by atoms with Crippen molar-refractivity contribution in [3.63, 3.8) is 0 Å². The highest BCUT2D eigenvalue weighted by atomic mass is 19.4. The van der Waals surface area contributed by atoms with Gasteiger partial charge in [0.05, 0.1) is 6.67 Å². The minimum absolute atomic E-state index is 0.370. The lowest BCUT2D eigenvalue weighted by atomic mass is 10.00. The summed E-state index contributed by atoms with van der Waals surface area (Å²) in [5, 5.41) is 3.58. The van der Waals surface area contributed by atoms with Crippen LogP contribution in [0.3, 0.4) is 0 Å². The van der Waals surface area contributed by atoms with E-state index in [0.717, 1.165) is 19.0 Å². The van der Waals surface area contributed by atoms with Gasteiger partial charge in [0, 0.05) is 19.3 Å². The van der Waals surface area contributed by atoms with Crippen LogP contribution >= 0.6 is 0 Å². The zero-order chi connectivity index (χ0) is 15.6. The number of halogens is 3. The molecule has 3 rings (SSSR count). The predicted molar refractivity (Wildman–Crippen MR) is 77.8 cm³/mol. The maximum Gasteiger partial charge on any atom is 0.435 e. The molecule has 0 N–H and O–H groups in total. The van der Waals surface area contributed by atoms with Crippen molar-refractivity contribution >= 4 is 5.57 Å². The van der Waals surface area contributed by atoms with Gasteiger partial charge >= 0.3 is 6.18 Å². The molecule has 22 heavy (non-hydrogen) atoms. The van der Waals surface area contributed by atoms with E-state index in [9.17, 15) is 13.2 Å². The molecule has 2 aromatic rings. The summed E-state index contributed by atoms with van der Waals surface area (Å²) in [4.78, 5) is 2.07. The molecule has 0 saturated carbocycles. The van der Waals surface area contributed by atoms with Crippen molar-refractivity contribution in [1.82, 2.24) is 14.7 Å². The fourth-order valence-corrected chi connectivity index (χ4v) is 2.55. The van der Waals surface area contributed by atoms with Gasteiger partial charge in [0.15, 0.2) is 5.69 Å². The maximum absolute atomic E-state index is 12.5. The zero-order valence-corrected chi connectivity index (χ0v) is 11.9. The van der Waals surface area contributed by atoms with Crippen LogP contribution in [0.25, 0.3) is 5.57 Å². The van der Waals surface area contributed by atoms with Crippen LogP contribution in [0.15, 0.2) is 48.7 Å². The Balaban J connectivity index is 1.62. The number of aromatic nitrogens is 2. The molecule has 0 unspecified atom stereocenters. The summed E-state index contributed by atoms with van der Waals surface area (Å²) in [5.74, 6) is 0. The van der Waals surface area contributed by atoms with Gasteiger partial charge in [0.1, 0.15) is 0 Å². The third kappa shape index (κ3) is 3.39. The molecule has 1 aliphatic heterocycles. The molecule has 0 fully saturated rings. The van der Waals surface area contributed by atoms with Crippen molar-refractivity contribution in [2.45, 2.75) is 19.3 Å². The zero-order valence-electron chi connectivity index (χ0n) is 11.9. The van der Waals surface area contributed by atoms with Crippen molar-refractivity contribution in [2.24, 2.45) is 0 Å². The molecule has 0 amide bonds. The highest BCUT2D eigenvalue weighted by Gasteiger charge is 2.33. The van der Waals surface area contributed by atoms with E-state index in [1.54, 1.807) is 0 Å². The second-order valence-electron chi connectivity index (χ2n) is 5.30. The lowest BCUT2D eigenvalue weighted by molar-refractivity contribution is -0.141. The Hall–Kier alpha value is -2.08. The number of alkyl halides is 3. The normalized spacial score (nSPS) is 16.6. The molecule has 2 heterocycles. The molecule has 0 radical (unpaired) electrons. The van der Waals surface area contributed by atoms with Crippen LogP contribution in [0.4, 0.5) is 13.2 Å². The van der Waals surface area contributed by atoms with Gasteiger partial charge in [0.25, 0.3) is 0 Å². The number of rotatable bonds is 3. The molecular weight excluding hydrogens is 291 g/mol. The fourth-order valence-electron chi connectivity index (χ4n) is 2.55. The highest BCUT2D eigenvalue weighted by Crippen LogP contribution is 2.27. The first-order chi connectivity index (χ1) is 10.5. The standard InChI is InChI=1S/C16H16F3N3/c17-16(18,19)15-8-11-22(20-15)12-21-9-6-14(7-10-21)13-4-2-1-3-5-13/h1-6,8,11H,7,9-10,12H2. The van der Waals surface area contributed by atoms with Crippen LogP contribution in [0.1, 0.15) is 17.7 Å². The molecule has 0 bridgehead atoms. The number of hydrogen-bond acceptors (Lipinski definition) is 2. The van der Waals surface area contributed by atoms with E-state index in [1.807, 2.05) is 18.2 Å². The van der Waals surface area contributed by atoms with Gasteiger partial charge in [-0.25, -0.2) is 0 Å². The van der Waals surface area contributed by atoms with Crippen molar-refractivity contribution in [1.29, 1.82) is 0 Å². The summed E-state index contributed by atoms with van der Waals surface area (Å²) in [6.45, 7) is 1.89. The molecule has 0 aliphatic carbocycles. The Morgan fingerprint density at radius 3 is 2.45 bits per heavy atom. The monoisotopic (exact) mass is 307 g/mol. The lowest BCUT2D eigenvalue weighted by Gasteiger charge is -2.26. The Morgan fingerprint density at radius 2 is 1.86 bits per heavy atom. The summed E-state index contributed by atoms with van der Waals surface area (Å²) >= 11 is 0. The van der Waals surface area contributed by atoms with Gasteiger partial charge in [-0.15, -0.1) is 0 Å². The van der Waals surface area contributed by atoms with Crippen LogP contribution < -0.4 is 0 Å². The molecule has 0 saturated heterocycles. The smallest absolute Gasteiger partial charge is 0.280 e. The first kappa shape index (κ1) is 14.8. The molecule has 1 aromatic carbocycles. The minimum Gasteiger partial charge on any atom is -0.280 e. The average Bonchev–Trinajstić information content (AvgIpc) is 2.98. The van der Waals surface area contributed by atoms with Crippen LogP contribution in [0, 0.1) is 0 Å². The lowest BCUT2D eigenvalue weighted by Crippen LogP contribution is -2.31. The second-order valence-corrected chi connectivity index (χ2v) is 5.30. The minimum atomic E-state index is -4.38. The molecular formula is C16H16F3N3. The molecule has 116 valence electrons. The molecule has 1 aromatic heterocycles. The quantitative estimate of drug-likeness (QED) is 0.863. The van der Waals surface area contributed by atoms with Crippen molar-refractivity contribution in [3.8, 4) is 0 Å². The highest BCUT2D eigenvalue weighted by molar-refractivity contribution is 5.66. The van der Waals surface area contributed by atoms with E-state index in [4.69, 9.17) is 0 Å².